The van der Waals surface area contributed by atoms with Crippen LogP contribution in [0, 0.1) is 12.8 Å². The Morgan fingerprint density at radius 3 is 2.21 bits per heavy atom. The minimum Gasteiger partial charge on any atom is -0.343 e. The van der Waals surface area contributed by atoms with Crippen LogP contribution in [-0.2, 0) is 26.2 Å². The fourth-order valence-electron chi connectivity index (χ4n) is 4.22. The highest BCUT2D eigenvalue weighted by molar-refractivity contribution is 7.89. The first-order chi connectivity index (χ1) is 15.6. The summed E-state index contributed by atoms with van der Waals surface area (Å²) in [6.07, 6.45) is 2.79. The summed E-state index contributed by atoms with van der Waals surface area (Å²) in [5, 5.41) is 0. The number of sulfonamides is 1. The van der Waals surface area contributed by atoms with Crippen LogP contribution in [0.25, 0.3) is 0 Å². The molecule has 1 aliphatic rings. The van der Waals surface area contributed by atoms with Gasteiger partial charge in [0.1, 0.15) is 0 Å². The van der Waals surface area contributed by atoms with Crippen LogP contribution in [0.2, 0.25) is 0 Å². The average Bonchev–Trinajstić information content (AvgIpc) is 2.78. The van der Waals surface area contributed by atoms with Crippen LogP contribution in [-0.4, -0.2) is 72.3 Å². The number of hydrogen-bond donors (Lipinski definition) is 0. The molecule has 0 aromatic heterocycles. The van der Waals surface area contributed by atoms with Crippen LogP contribution in [0.15, 0.2) is 24.3 Å². The second-order valence-corrected chi connectivity index (χ2v) is 11.7. The molecule has 1 saturated heterocycles. The number of carbonyl (C=O) groups excluding carboxylic acids is 2. The molecule has 1 aromatic rings. The van der Waals surface area contributed by atoms with E-state index in [1.165, 1.54) is 4.31 Å². The molecule has 0 radical (unpaired) electrons. The van der Waals surface area contributed by atoms with Crippen LogP contribution in [0.5, 0.6) is 0 Å². The number of amides is 2. The van der Waals surface area contributed by atoms with E-state index < -0.39 is 10.0 Å². The molecule has 0 unspecified atom stereocenters. The van der Waals surface area contributed by atoms with Crippen LogP contribution in [0.1, 0.15) is 64.5 Å². The Bertz CT molecular complexity index is 875. The van der Waals surface area contributed by atoms with Crippen molar-refractivity contribution in [2.45, 2.75) is 72.9 Å². The summed E-state index contributed by atoms with van der Waals surface area (Å²) >= 11 is 0. The number of hydrogen-bond acceptors (Lipinski definition) is 4. The van der Waals surface area contributed by atoms with Gasteiger partial charge in [-0.1, -0.05) is 50.6 Å². The number of likely N-dealkylation sites (tertiary alicyclic amines) is 1. The van der Waals surface area contributed by atoms with Crippen LogP contribution in [0.3, 0.4) is 0 Å². The van der Waals surface area contributed by atoms with Crippen molar-refractivity contribution < 1.29 is 18.0 Å². The van der Waals surface area contributed by atoms with E-state index in [0.717, 1.165) is 17.5 Å². The van der Waals surface area contributed by atoms with Gasteiger partial charge in [0.15, 0.2) is 0 Å². The lowest BCUT2D eigenvalue weighted by atomic mass is 10.0. The third-order valence-corrected chi connectivity index (χ3v) is 7.95. The number of nitrogens with zero attached hydrogens (tertiary/aromatic N) is 3. The summed E-state index contributed by atoms with van der Waals surface area (Å²) in [6, 6.07) is 8.07. The molecule has 2 amide bonds. The van der Waals surface area contributed by atoms with Gasteiger partial charge < -0.3 is 9.80 Å². The molecular formula is C25H41N3O4S. The van der Waals surface area contributed by atoms with Crippen molar-refractivity contribution in [3.05, 3.63) is 35.4 Å². The fourth-order valence-corrected chi connectivity index (χ4v) is 5.42. The molecule has 1 fully saturated rings. The molecule has 1 heterocycles. The summed E-state index contributed by atoms with van der Waals surface area (Å²) in [6.45, 7) is 11.4. The molecule has 0 saturated carbocycles. The van der Waals surface area contributed by atoms with E-state index in [1.807, 2.05) is 61.8 Å². The second-order valence-electron chi connectivity index (χ2n) is 9.46. The summed E-state index contributed by atoms with van der Waals surface area (Å²) in [4.78, 5) is 29.5. The maximum atomic E-state index is 13.5. The number of benzene rings is 1. The largest absolute Gasteiger partial charge is 0.343 e. The van der Waals surface area contributed by atoms with Crippen LogP contribution < -0.4 is 0 Å². The van der Waals surface area contributed by atoms with Crippen molar-refractivity contribution in [3.8, 4) is 0 Å². The highest BCUT2D eigenvalue weighted by atomic mass is 32.2. The second kappa shape index (κ2) is 12.5. The van der Waals surface area contributed by atoms with Gasteiger partial charge >= 0.3 is 0 Å². The molecule has 186 valence electrons. The van der Waals surface area contributed by atoms with E-state index in [4.69, 9.17) is 0 Å². The van der Waals surface area contributed by atoms with Crippen molar-refractivity contribution in [1.29, 1.82) is 0 Å². The van der Waals surface area contributed by atoms with Crippen molar-refractivity contribution in [2.75, 3.05) is 31.9 Å². The maximum Gasteiger partial charge on any atom is 0.238 e. The SMILES string of the molecule is CCCC(=O)N1CCC(N(Cc2ccc(C)cc2)C(=O)CN(CC(C)C)S(=O)(=O)CC)CC1. The van der Waals surface area contributed by atoms with Gasteiger partial charge in [-0.25, -0.2) is 8.42 Å². The monoisotopic (exact) mass is 479 g/mol. The van der Waals surface area contributed by atoms with Crippen LogP contribution in [0.4, 0.5) is 0 Å². The Morgan fingerprint density at radius 1 is 1.09 bits per heavy atom. The van der Waals surface area contributed by atoms with Gasteiger partial charge in [0.2, 0.25) is 21.8 Å². The van der Waals surface area contributed by atoms with Gasteiger partial charge in [-0.3, -0.25) is 9.59 Å². The van der Waals surface area contributed by atoms with Gasteiger partial charge in [-0.2, -0.15) is 4.31 Å². The summed E-state index contributed by atoms with van der Waals surface area (Å²) in [5.41, 5.74) is 2.17. The normalized spacial score (nSPS) is 15.3. The Hall–Kier alpha value is -1.93. The lowest BCUT2D eigenvalue weighted by Crippen LogP contribution is -2.51. The molecule has 8 heteroatoms. The smallest absolute Gasteiger partial charge is 0.238 e. The number of carbonyl (C=O) groups is 2. The lowest BCUT2D eigenvalue weighted by molar-refractivity contribution is -0.137. The lowest BCUT2D eigenvalue weighted by Gasteiger charge is -2.39. The van der Waals surface area contributed by atoms with Crippen molar-refractivity contribution >= 4 is 21.8 Å². The maximum absolute atomic E-state index is 13.5. The molecule has 2 rings (SSSR count). The Kier molecular flexibility index (Phi) is 10.4. The number of aryl methyl sites for hydroxylation is 1. The Balaban J connectivity index is 2.22. The minimum atomic E-state index is -3.49. The first kappa shape index (κ1) is 27.3. The molecular weight excluding hydrogens is 438 g/mol. The Morgan fingerprint density at radius 2 is 1.70 bits per heavy atom. The van der Waals surface area contributed by atoms with E-state index in [-0.39, 0.29) is 36.1 Å². The van der Waals surface area contributed by atoms with Crippen molar-refractivity contribution in [1.82, 2.24) is 14.1 Å². The third-order valence-electron chi connectivity index (χ3n) is 6.15. The van der Waals surface area contributed by atoms with Gasteiger partial charge in [0, 0.05) is 38.6 Å². The molecule has 0 spiro atoms. The molecule has 1 aliphatic heterocycles. The molecule has 0 atom stereocenters. The van der Waals surface area contributed by atoms with E-state index in [1.54, 1.807) is 6.92 Å². The van der Waals surface area contributed by atoms with E-state index in [0.29, 0.717) is 45.4 Å². The number of rotatable bonds is 11. The molecule has 0 bridgehead atoms. The highest BCUT2D eigenvalue weighted by Gasteiger charge is 2.32. The van der Waals surface area contributed by atoms with Crippen LogP contribution >= 0.6 is 0 Å². The van der Waals surface area contributed by atoms with Crippen molar-refractivity contribution in [2.24, 2.45) is 5.92 Å². The third kappa shape index (κ3) is 8.10. The standard InChI is InChI=1S/C25H41N3O4S/c1-6-8-24(29)26-15-13-23(14-16-26)28(18-22-11-9-21(5)10-12-22)25(30)19-27(17-20(3)4)33(31,32)7-2/h9-12,20,23H,6-8,13-19H2,1-5H3. The zero-order chi connectivity index (χ0) is 24.6. The molecule has 0 aliphatic carbocycles. The molecule has 0 N–H and O–H groups in total. The molecule has 33 heavy (non-hydrogen) atoms. The first-order valence-electron chi connectivity index (χ1n) is 12.2. The first-order valence-corrected chi connectivity index (χ1v) is 13.8. The molecule has 7 nitrogen and oxygen atoms in total. The quantitative estimate of drug-likeness (QED) is 0.487. The summed E-state index contributed by atoms with van der Waals surface area (Å²) in [7, 11) is -3.49. The predicted octanol–water partition coefficient (Wildman–Crippen LogP) is 3.42. The van der Waals surface area contributed by atoms with E-state index in [9.17, 15) is 18.0 Å². The minimum absolute atomic E-state index is 0.0188. The van der Waals surface area contributed by atoms with Gasteiger partial charge in [-0.15, -0.1) is 0 Å². The van der Waals surface area contributed by atoms with E-state index in [2.05, 4.69) is 0 Å². The predicted molar refractivity (Wildman–Crippen MR) is 132 cm³/mol. The van der Waals surface area contributed by atoms with Gasteiger partial charge in [0.25, 0.3) is 0 Å². The number of piperidine rings is 1. The van der Waals surface area contributed by atoms with Crippen molar-refractivity contribution in [3.63, 3.8) is 0 Å². The zero-order valence-corrected chi connectivity index (χ0v) is 21.7. The average molecular weight is 480 g/mol. The summed E-state index contributed by atoms with van der Waals surface area (Å²) in [5.74, 6) is 0.0941. The highest BCUT2D eigenvalue weighted by Crippen LogP contribution is 2.21. The van der Waals surface area contributed by atoms with E-state index >= 15 is 0 Å². The van der Waals surface area contributed by atoms with Gasteiger partial charge in [-0.05, 0) is 44.6 Å². The fraction of sp³-hybridized carbons (Fsp3) is 0.680. The Labute approximate surface area is 200 Å². The molecule has 1 aromatic carbocycles. The van der Waals surface area contributed by atoms with Gasteiger partial charge in [0.05, 0.1) is 12.3 Å². The zero-order valence-electron chi connectivity index (χ0n) is 20.9. The topological polar surface area (TPSA) is 78.0 Å². The summed E-state index contributed by atoms with van der Waals surface area (Å²) < 4.78 is 26.6.